The van der Waals surface area contributed by atoms with E-state index in [4.69, 9.17) is 4.74 Å². The maximum absolute atomic E-state index is 12.2. The van der Waals surface area contributed by atoms with Crippen molar-refractivity contribution in [2.45, 2.75) is 38.6 Å². The monoisotopic (exact) mass is 318 g/mol. The minimum atomic E-state index is -0.584. The second-order valence-electron chi connectivity index (χ2n) is 5.89. The van der Waals surface area contributed by atoms with Crippen molar-refractivity contribution in [3.8, 4) is 0 Å². The van der Waals surface area contributed by atoms with Crippen LogP contribution in [0.15, 0.2) is 30.9 Å². The molecule has 0 unspecified atom stereocenters. The Bertz CT molecular complexity index is 600. The highest BCUT2D eigenvalue weighted by Crippen LogP contribution is 2.30. The maximum Gasteiger partial charge on any atom is 0.340 e. The molecule has 0 amide bonds. The van der Waals surface area contributed by atoms with Crippen molar-refractivity contribution in [1.82, 2.24) is 0 Å². The van der Waals surface area contributed by atoms with Crippen LogP contribution in [0.4, 0.5) is 11.4 Å². The number of anilines is 1. The molecule has 6 nitrogen and oxygen atoms in total. The summed E-state index contributed by atoms with van der Waals surface area (Å²) in [4.78, 5) is 22.6. The van der Waals surface area contributed by atoms with E-state index < -0.39 is 10.9 Å². The van der Waals surface area contributed by atoms with Gasteiger partial charge >= 0.3 is 5.97 Å². The van der Waals surface area contributed by atoms with Gasteiger partial charge < -0.3 is 10.1 Å². The predicted molar refractivity (Wildman–Crippen MR) is 88.6 cm³/mol. The molecule has 0 aliphatic heterocycles. The number of nitrogens with one attached hydrogen (secondary N) is 1. The Morgan fingerprint density at radius 3 is 2.87 bits per heavy atom. The lowest BCUT2D eigenvalue weighted by molar-refractivity contribution is -0.384. The summed E-state index contributed by atoms with van der Waals surface area (Å²) in [6, 6.07) is 4.52. The van der Waals surface area contributed by atoms with Crippen LogP contribution >= 0.6 is 0 Å². The number of carbonyl (C=O) groups is 1. The van der Waals surface area contributed by atoms with Gasteiger partial charge in [0.05, 0.1) is 10.5 Å². The van der Waals surface area contributed by atoms with Gasteiger partial charge in [-0.25, -0.2) is 4.79 Å². The zero-order chi connectivity index (χ0) is 16.8. The number of carbonyl (C=O) groups excluding carboxylic acids is 1. The number of esters is 1. The standard InChI is InChI=1S/C17H22N2O4/c1-3-10-23-17(20)14-11-13(19(21)22)8-9-16(14)18-15-7-5-4-6-12(15)2/h3,8-9,11-12,15,18H,1,4-7,10H2,2H3/t12-,15+/m0/s1. The van der Waals surface area contributed by atoms with Gasteiger partial charge in [-0.3, -0.25) is 10.1 Å². The fraction of sp³-hybridized carbons (Fsp3) is 0.471. The summed E-state index contributed by atoms with van der Waals surface area (Å²) in [5, 5.41) is 14.3. The SMILES string of the molecule is C=CCOC(=O)c1cc([N+](=O)[O-])ccc1N[C@@H]1CCCC[C@@H]1C. The first-order valence-corrected chi connectivity index (χ1v) is 7.86. The summed E-state index contributed by atoms with van der Waals surface area (Å²) in [5.41, 5.74) is 0.653. The Morgan fingerprint density at radius 1 is 1.48 bits per heavy atom. The van der Waals surface area contributed by atoms with Gasteiger partial charge in [0, 0.05) is 23.9 Å². The smallest absolute Gasteiger partial charge is 0.340 e. The third kappa shape index (κ3) is 4.31. The molecule has 1 fully saturated rings. The molecule has 124 valence electrons. The van der Waals surface area contributed by atoms with Gasteiger partial charge in [0.1, 0.15) is 6.61 Å². The average molecular weight is 318 g/mol. The normalized spacial score (nSPS) is 20.6. The van der Waals surface area contributed by atoms with E-state index in [0.29, 0.717) is 11.6 Å². The Kier molecular flexibility index (Phi) is 5.73. The number of ether oxygens (including phenoxy) is 1. The van der Waals surface area contributed by atoms with E-state index in [1.807, 2.05) is 0 Å². The van der Waals surface area contributed by atoms with E-state index in [2.05, 4.69) is 18.8 Å². The zero-order valence-corrected chi connectivity index (χ0v) is 13.3. The summed E-state index contributed by atoms with van der Waals surface area (Å²) in [6.45, 7) is 5.75. The lowest BCUT2D eigenvalue weighted by atomic mass is 9.85. The number of hydrogen-bond acceptors (Lipinski definition) is 5. The largest absolute Gasteiger partial charge is 0.458 e. The first kappa shape index (κ1) is 17.0. The summed E-state index contributed by atoms with van der Waals surface area (Å²) < 4.78 is 5.05. The highest BCUT2D eigenvalue weighted by Gasteiger charge is 2.24. The van der Waals surface area contributed by atoms with Gasteiger partial charge in [0.15, 0.2) is 0 Å². The summed E-state index contributed by atoms with van der Waals surface area (Å²) in [7, 11) is 0. The molecule has 1 aliphatic rings. The summed E-state index contributed by atoms with van der Waals surface area (Å²) >= 11 is 0. The third-order valence-corrected chi connectivity index (χ3v) is 4.22. The molecule has 1 aromatic carbocycles. The number of benzene rings is 1. The molecule has 0 aromatic heterocycles. The average Bonchev–Trinajstić information content (AvgIpc) is 2.54. The number of nitrogens with zero attached hydrogens (tertiary/aromatic N) is 1. The van der Waals surface area contributed by atoms with Gasteiger partial charge in [0.2, 0.25) is 0 Å². The minimum absolute atomic E-state index is 0.0702. The van der Waals surface area contributed by atoms with Gasteiger partial charge in [-0.2, -0.15) is 0 Å². The third-order valence-electron chi connectivity index (χ3n) is 4.22. The van der Waals surface area contributed by atoms with Crippen LogP contribution in [0.2, 0.25) is 0 Å². The molecule has 0 spiro atoms. The molecule has 2 atom stereocenters. The Morgan fingerprint density at radius 2 is 2.22 bits per heavy atom. The van der Waals surface area contributed by atoms with Crippen molar-refractivity contribution in [2.24, 2.45) is 5.92 Å². The second kappa shape index (κ2) is 7.76. The van der Waals surface area contributed by atoms with Crippen molar-refractivity contribution in [3.63, 3.8) is 0 Å². The molecule has 0 heterocycles. The van der Waals surface area contributed by atoms with Gasteiger partial charge in [-0.15, -0.1) is 0 Å². The Balaban J connectivity index is 2.27. The molecule has 6 heteroatoms. The molecule has 1 saturated carbocycles. The van der Waals surface area contributed by atoms with Gasteiger partial charge in [-0.05, 0) is 24.8 Å². The van der Waals surface area contributed by atoms with E-state index in [0.717, 1.165) is 19.3 Å². The maximum atomic E-state index is 12.2. The van der Waals surface area contributed by atoms with Crippen molar-refractivity contribution in [1.29, 1.82) is 0 Å². The fourth-order valence-electron chi connectivity index (χ4n) is 2.88. The first-order chi connectivity index (χ1) is 11.0. The molecule has 23 heavy (non-hydrogen) atoms. The quantitative estimate of drug-likeness (QED) is 0.372. The van der Waals surface area contributed by atoms with Crippen LogP contribution in [-0.2, 0) is 4.74 Å². The number of rotatable bonds is 6. The molecule has 0 saturated heterocycles. The van der Waals surface area contributed by atoms with Crippen LogP contribution in [-0.4, -0.2) is 23.5 Å². The number of nitro benzene ring substituents is 1. The molecular weight excluding hydrogens is 296 g/mol. The first-order valence-electron chi connectivity index (χ1n) is 7.86. The second-order valence-corrected chi connectivity index (χ2v) is 5.89. The lowest BCUT2D eigenvalue weighted by Gasteiger charge is -2.30. The molecule has 2 rings (SSSR count). The van der Waals surface area contributed by atoms with Crippen molar-refractivity contribution in [3.05, 3.63) is 46.5 Å². The van der Waals surface area contributed by atoms with E-state index in [1.165, 1.54) is 24.6 Å². The number of non-ortho nitro benzene ring substituents is 1. The van der Waals surface area contributed by atoms with Crippen LogP contribution in [0.5, 0.6) is 0 Å². The zero-order valence-electron chi connectivity index (χ0n) is 13.3. The van der Waals surface area contributed by atoms with Gasteiger partial charge in [0.25, 0.3) is 5.69 Å². The minimum Gasteiger partial charge on any atom is -0.458 e. The molecule has 0 radical (unpaired) electrons. The van der Waals surface area contributed by atoms with Crippen molar-refractivity contribution >= 4 is 17.3 Å². The topological polar surface area (TPSA) is 81.5 Å². The van der Waals surface area contributed by atoms with Crippen molar-refractivity contribution < 1.29 is 14.5 Å². The van der Waals surface area contributed by atoms with E-state index >= 15 is 0 Å². The van der Waals surface area contributed by atoms with Crippen LogP contribution in [0.25, 0.3) is 0 Å². The fourth-order valence-corrected chi connectivity index (χ4v) is 2.88. The predicted octanol–water partition coefficient (Wildman–Crippen LogP) is 3.93. The van der Waals surface area contributed by atoms with Crippen LogP contribution < -0.4 is 5.32 Å². The lowest BCUT2D eigenvalue weighted by Crippen LogP contribution is -2.31. The highest BCUT2D eigenvalue weighted by atomic mass is 16.6. The van der Waals surface area contributed by atoms with Crippen LogP contribution in [0.3, 0.4) is 0 Å². The number of nitro groups is 1. The number of hydrogen-bond donors (Lipinski definition) is 1. The van der Waals surface area contributed by atoms with E-state index in [9.17, 15) is 14.9 Å². The molecule has 1 N–H and O–H groups in total. The molecule has 0 bridgehead atoms. The molecular formula is C17H22N2O4. The molecule has 1 aliphatic carbocycles. The Hall–Kier alpha value is -2.37. The van der Waals surface area contributed by atoms with E-state index in [1.54, 1.807) is 6.07 Å². The summed E-state index contributed by atoms with van der Waals surface area (Å²) in [5.74, 6) is -0.0875. The van der Waals surface area contributed by atoms with Gasteiger partial charge in [-0.1, -0.05) is 32.4 Å². The Labute approximate surface area is 135 Å². The van der Waals surface area contributed by atoms with Crippen molar-refractivity contribution in [2.75, 3.05) is 11.9 Å². The summed E-state index contributed by atoms with van der Waals surface area (Å²) in [6.07, 6.45) is 5.99. The van der Waals surface area contributed by atoms with E-state index in [-0.39, 0.29) is 23.9 Å². The van der Waals surface area contributed by atoms with Crippen LogP contribution in [0.1, 0.15) is 43.0 Å². The highest BCUT2D eigenvalue weighted by molar-refractivity contribution is 5.96. The van der Waals surface area contributed by atoms with Crippen LogP contribution in [0, 0.1) is 16.0 Å². The molecule has 1 aromatic rings.